The maximum atomic E-state index is 13.1. The minimum absolute atomic E-state index is 0.0531. The van der Waals surface area contributed by atoms with Gasteiger partial charge in [-0.15, -0.1) is 0 Å². The van der Waals surface area contributed by atoms with Crippen LogP contribution in [-0.4, -0.2) is 45.1 Å². The zero-order chi connectivity index (χ0) is 17.9. The van der Waals surface area contributed by atoms with Crippen LogP contribution in [0, 0.1) is 0 Å². The van der Waals surface area contributed by atoms with Gasteiger partial charge in [-0.05, 0) is 48.4 Å². The number of nitrogens with one attached hydrogen (secondary N) is 1. The third kappa shape index (κ3) is 3.21. The van der Waals surface area contributed by atoms with Gasteiger partial charge < -0.3 is 9.88 Å². The molecule has 5 nitrogen and oxygen atoms in total. The van der Waals surface area contributed by atoms with Gasteiger partial charge in [0.25, 0.3) is 5.91 Å². The number of hydrogen-bond acceptors (Lipinski definition) is 4. The Hall–Kier alpha value is -2.34. The first-order valence-corrected chi connectivity index (χ1v) is 10.3. The van der Waals surface area contributed by atoms with Crippen LogP contribution in [0.4, 0.5) is 0 Å². The largest absolute Gasteiger partial charge is 0.346 e. The van der Waals surface area contributed by atoms with Crippen LogP contribution >= 0.6 is 11.8 Å². The molecule has 0 spiro atoms. The first-order chi connectivity index (χ1) is 12.8. The van der Waals surface area contributed by atoms with Crippen LogP contribution in [0.5, 0.6) is 0 Å². The number of thioether (sulfide) groups is 1. The standard InChI is InChI=1S/C20H22N4OS/c1-26-13-15-5-2-8-21-18(15)20(25)24-10-4-6-14(12-24)17-11-23-19-16(17)7-3-9-22-19/h2-3,5,7-9,11,14H,4,6,10,12-13H2,1H3,(H,22,23). The van der Waals surface area contributed by atoms with Crippen LogP contribution in [0.25, 0.3) is 11.0 Å². The highest BCUT2D eigenvalue weighted by Gasteiger charge is 2.28. The Morgan fingerprint density at radius 1 is 1.31 bits per heavy atom. The summed E-state index contributed by atoms with van der Waals surface area (Å²) in [6.45, 7) is 1.53. The SMILES string of the molecule is CSCc1cccnc1C(=O)N1CCCC(c2c[nH]c3ncccc23)C1. The maximum absolute atomic E-state index is 13.1. The molecule has 0 aromatic carbocycles. The summed E-state index contributed by atoms with van der Waals surface area (Å²) < 4.78 is 0. The number of H-pyrrole nitrogens is 1. The lowest BCUT2D eigenvalue weighted by Crippen LogP contribution is -2.39. The number of carbonyl (C=O) groups is 1. The van der Waals surface area contributed by atoms with Crippen molar-refractivity contribution in [2.24, 2.45) is 0 Å². The van der Waals surface area contributed by atoms with E-state index in [0.29, 0.717) is 11.6 Å². The average molecular weight is 366 g/mol. The number of fused-ring (bicyclic) bond motifs is 1. The Bertz CT molecular complexity index is 923. The molecule has 26 heavy (non-hydrogen) atoms. The number of nitrogens with zero attached hydrogens (tertiary/aromatic N) is 3. The lowest BCUT2D eigenvalue weighted by atomic mass is 9.90. The van der Waals surface area contributed by atoms with E-state index in [1.165, 1.54) is 5.56 Å². The molecule has 0 radical (unpaired) electrons. The first kappa shape index (κ1) is 17.1. The van der Waals surface area contributed by atoms with Gasteiger partial charge in [-0.25, -0.2) is 4.98 Å². The number of carbonyl (C=O) groups excluding carboxylic acids is 1. The number of piperidine rings is 1. The molecular weight excluding hydrogens is 344 g/mol. The zero-order valence-corrected chi connectivity index (χ0v) is 15.6. The second-order valence-electron chi connectivity index (χ2n) is 6.68. The van der Waals surface area contributed by atoms with E-state index in [0.717, 1.165) is 48.3 Å². The van der Waals surface area contributed by atoms with E-state index in [1.807, 2.05) is 29.4 Å². The average Bonchev–Trinajstić information content (AvgIpc) is 3.12. The van der Waals surface area contributed by atoms with E-state index >= 15 is 0 Å². The highest BCUT2D eigenvalue weighted by atomic mass is 32.2. The molecule has 4 rings (SSSR count). The molecule has 1 amide bonds. The molecule has 134 valence electrons. The smallest absolute Gasteiger partial charge is 0.272 e. The highest BCUT2D eigenvalue weighted by molar-refractivity contribution is 7.97. The van der Waals surface area contributed by atoms with Crippen LogP contribution in [0.3, 0.4) is 0 Å². The Morgan fingerprint density at radius 3 is 3.04 bits per heavy atom. The highest BCUT2D eigenvalue weighted by Crippen LogP contribution is 2.32. The lowest BCUT2D eigenvalue weighted by molar-refractivity contribution is 0.0700. The third-order valence-corrected chi connectivity index (χ3v) is 5.62. The van der Waals surface area contributed by atoms with E-state index in [4.69, 9.17) is 0 Å². The topological polar surface area (TPSA) is 61.9 Å². The number of aromatic amines is 1. The quantitative estimate of drug-likeness (QED) is 0.762. The van der Waals surface area contributed by atoms with Crippen LogP contribution < -0.4 is 0 Å². The predicted molar refractivity (Wildman–Crippen MR) is 105 cm³/mol. The summed E-state index contributed by atoms with van der Waals surface area (Å²) in [5.74, 6) is 1.19. The fourth-order valence-electron chi connectivity index (χ4n) is 3.78. The van der Waals surface area contributed by atoms with Crippen LogP contribution in [0.15, 0.2) is 42.9 Å². The molecular formula is C20H22N4OS. The monoisotopic (exact) mass is 366 g/mol. The van der Waals surface area contributed by atoms with E-state index in [2.05, 4.69) is 27.2 Å². The summed E-state index contributed by atoms with van der Waals surface area (Å²) in [5, 5.41) is 1.16. The van der Waals surface area contributed by atoms with Crippen molar-refractivity contribution in [3.8, 4) is 0 Å². The van der Waals surface area contributed by atoms with Crippen LogP contribution in [0.1, 0.15) is 40.4 Å². The molecule has 1 saturated heterocycles. The minimum Gasteiger partial charge on any atom is -0.346 e. The van der Waals surface area contributed by atoms with Crippen molar-refractivity contribution >= 4 is 28.7 Å². The van der Waals surface area contributed by atoms with Gasteiger partial charge >= 0.3 is 0 Å². The molecule has 6 heteroatoms. The number of pyridine rings is 2. The Balaban J connectivity index is 1.58. The molecule has 1 fully saturated rings. The third-order valence-electron chi connectivity index (χ3n) is 5.03. The van der Waals surface area contributed by atoms with Gasteiger partial charge in [0, 0.05) is 48.7 Å². The molecule has 1 unspecified atom stereocenters. The number of aromatic nitrogens is 3. The van der Waals surface area contributed by atoms with Gasteiger partial charge in [0.05, 0.1) is 0 Å². The normalized spacial score (nSPS) is 17.6. The summed E-state index contributed by atoms with van der Waals surface area (Å²) in [6.07, 6.45) is 9.70. The van der Waals surface area contributed by atoms with Crippen molar-refractivity contribution < 1.29 is 4.79 Å². The number of likely N-dealkylation sites (tertiary alicyclic amines) is 1. The zero-order valence-electron chi connectivity index (χ0n) is 14.8. The van der Waals surface area contributed by atoms with Crippen molar-refractivity contribution in [3.05, 3.63) is 59.7 Å². The van der Waals surface area contributed by atoms with Crippen molar-refractivity contribution in [1.29, 1.82) is 0 Å². The van der Waals surface area contributed by atoms with E-state index in [9.17, 15) is 4.79 Å². The molecule has 0 saturated carbocycles. The molecule has 3 aromatic heterocycles. The molecule has 0 aliphatic carbocycles. The van der Waals surface area contributed by atoms with Crippen molar-refractivity contribution in [3.63, 3.8) is 0 Å². The molecule has 1 aliphatic heterocycles. The fourth-order valence-corrected chi connectivity index (χ4v) is 4.33. The molecule has 4 heterocycles. The summed E-state index contributed by atoms with van der Waals surface area (Å²) in [5.41, 5.74) is 3.79. The summed E-state index contributed by atoms with van der Waals surface area (Å²) in [4.78, 5) is 27.1. The van der Waals surface area contributed by atoms with Gasteiger partial charge in [-0.2, -0.15) is 11.8 Å². The lowest BCUT2D eigenvalue weighted by Gasteiger charge is -2.33. The Morgan fingerprint density at radius 2 is 2.15 bits per heavy atom. The second kappa shape index (κ2) is 7.50. The maximum Gasteiger partial charge on any atom is 0.272 e. The first-order valence-electron chi connectivity index (χ1n) is 8.92. The van der Waals surface area contributed by atoms with Crippen molar-refractivity contribution in [1.82, 2.24) is 19.9 Å². The molecule has 0 bridgehead atoms. The number of hydrogen-bond donors (Lipinski definition) is 1. The van der Waals surface area contributed by atoms with Gasteiger partial charge in [0.15, 0.2) is 0 Å². The number of amides is 1. The number of rotatable bonds is 4. The summed E-state index contributed by atoms with van der Waals surface area (Å²) >= 11 is 1.71. The van der Waals surface area contributed by atoms with Gasteiger partial charge in [0.1, 0.15) is 11.3 Å². The summed E-state index contributed by atoms with van der Waals surface area (Å²) in [6, 6.07) is 7.97. The van der Waals surface area contributed by atoms with E-state index in [1.54, 1.807) is 24.2 Å². The van der Waals surface area contributed by atoms with E-state index < -0.39 is 0 Å². The van der Waals surface area contributed by atoms with Crippen LogP contribution in [0.2, 0.25) is 0 Å². The Kier molecular flexibility index (Phi) is 4.93. The Labute approximate surface area is 157 Å². The minimum atomic E-state index is 0.0531. The van der Waals surface area contributed by atoms with Gasteiger partial charge in [-0.3, -0.25) is 9.78 Å². The van der Waals surface area contributed by atoms with E-state index in [-0.39, 0.29) is 5.91 Å². The predicted octanol–water partition coefficient (Wildman–Crippen LogP) is 3.84. The van der Waals surface area contributed by atoms with Crippen molar-refractivity contribution in [2.45, 2.75) is 24.5 Å². The van der Waals surface area contributed by atoms with Crippen molar-refractivity contribution in [2.75, 3.05) is 19.3 Å². The summed E-state index contributed by atoms with van der Waals surface area (Å²) in [7, 11) is 0. The second-order valence-corrected chi connectivity index (χ2v) is 7.54. The molecule has 1 N–H and O–H groups in total. The molecule has 3 aromatic rings. The molecule has 1 atom stereocenters. The van der Waals surface area contributed by atoms with Gasteiger partial charge in [-0.1, -0.05) is 6.07 Å². The van der Waals surface area contributed by atoms with Crippen LogP contribution in [-0.2, 0) is 5.75 Å². The van der Waals surface area contributed by atoms with Gasteiger partial charge in [0.2, 0.25) is 0 Å². The molecule has 1 aliphatic rings. The fraction of sp³-hybridized carbons (Fsp3) is 0.350.